The molecule has 3 fully saturated rings. The fourth-order valence-electron chi connectivity index (χ4n) is 4.05. The van der Waals surface area contributed by atoms with Crippen molar-refractivity contribution in [1.29, 1.82) is 0 Å². The fraction of sp³-hybridized carbons (Fsp3) is 0.524. The predicted octanol–water partition coefficient (Wildman–Crippen LogP) is 1.49. The third-order valence-electron chi connectivity index (χ3n) is 5.97. The highest BCUT2D eigenvalue weighted by atomic mass is 16.5. The van der Waals surface area contributed by atoms with Crippen LogP contribution in [0, 0.1) is 5.92 Å². The number of hydrogen-bond donors (Lipinski definition) is 2. The molecule has 2 aliphatic heterocycles. The van der Waals surface area contributed by atoms with Gasteiger partial charge in [0.25, 0.3) is 11.8 Å². The minimum atomic E-state index is -0.948. The Bertz CT molecular complexity index is 861. The van der Waals surface area contributed by atoms with Crippen LogP contribution in [0.1, 0.15) is 32.6 Å². The zero-order chi connectivity index (χ0) is 21.3. The molecule has 0 radical (unpaired) electrons. The molecule has 3 aliphatic rings. The first-order chi connectivity index (χ1) is 14.4. The molecule has 30 heavy (non-hydrogen) atoms. The first-order valence-electron chi connectivity index (χ1n) is 10.3. The minimum Gasteiger partial charge on any atom is -0.454 e. The van der Waals surface area contributed by atoms with Gasteiger partial charge in [0.15, 0.2) is 6.61 Å². The Labute approximate surface area is 174 Å². The van der Waals surface area contributed by atoms with Crippen LogP contribution in [0.3, 0.4) is 0 Å². The number of amides is 4. The van der Waals surface area contributed by atoms with Gasteiger partial charge in [0.05, 0.1) is 0 Å². The van der Waals surface area contributed by atoms with Crippen LogP contribution in [-0.2, 0) is 19.1 Å². The molecule has 160 valence electrons. The van der Waals surface area contributed by atoms with Gasteiger partial charge in [0.1, 0.15) is 12.1 Å². The maximum Gasteiger partial charge on any atom is 0.326 e. The molecule has 0 spiro atoms. The lowest BCUT2D eigenvalue weighted by Gasteiger charge is -2.20. The van der Waals surface area contributed by atoms with Crippen LogP contribution >= 0.6 is 0 Å². The van der Waals surface area contributed by atoms with Crippen molar-refractivity contribution in [2.24, 2.45) is 5.92 Å². The lowest BCUT2D eigenvalue weighted by atomic mass is 9.96. The fourth-order valence-corrected chi connectivity index (χ4v) is 4.05. The van der Waals surface area contributed by atoms with E-state index in [1.54, 1.807) is 19.1 Å². The molecule has 9 nitrogen and oxygen atoms in total. The van der Waals surface area contributed by atoms with E-state index in [0.29, 0.717) is 5.69 Å². The SMILES string of the molecule is C[C@@]1(C2CC2)NC(=O)N(CC(=O)OCC(=O)Nc2ccc(N3CCCC3)cc2)C1=O. The standard InChI is InChI=1S/C21H26N4O5/c1-21(14-4-5-14)19(28)25(20(29)23-21)12-18(27)30-13-17(26)22-15-6-8-16(9-7-15)24-10-2-3-11-24/h6-9,14H,2-5,10-13H2,1H3,(H,22,26)(H,23,29)/t21-/m0/s1. The molecule has 1 atom stereocenters. The zero-order valence-corrected chi connectivity index (χ0v) is 17.0. The summed E-state index contributed by atoms with van der Waals surface area (Å²) < 4.78 is 4.95. The zero-order valence-electron chi connectivity index (χ0n) is 17.0. The number of esters is 1. The number of hydrogen-bond acceptors (Lipinski definition) is 6. The Hall–Kier alpha value is -3.10. The van der Waals surface area contributed by atoms with Gasteiger partial charge in [-0.1, -0.05) is 0 Å². The van der Waals surface area contributed by atoms with Crippen molar-refractivity contribution >= 4 is 35.2 Å². The van der Waals surface area contributed by atoms with Crippen LogP contribution < -0.4 is 15.5 Å². The van der Waals surface area contributed by atoms with Crippen LogP contribution in [0.4, 0.5) is 16.2 Å². The molecule has 0 unspecified atom stereocenters. The summed E-state index contributed by atoms with van der Waals surface area (Å²) >= 11 is 0. The first kappa shape index (κ1) is 20.2. The Morgan fingerprint density at radius 2 is 1.83 bits per heavy atom. The van der Waals surface area contributed by atoms with Gasteiger partial charge >= 0.3 is 12.0 Å². The highest BCUT2D eigenvalue weighted by Crippen LogP contribution is 2.42. The Morgan fingerprint density at radius 3 is 2.47 bits per heavy atom. The van der Waals surface area contributed by atoms with Crippen molar-refractivity contribution in [3.05, 3.63) is 24.3 Å². The maximum absolute atomic E-state index is 12.5. The van der Waals surface area contributed by atoms with Crippen molar-refractivity contribution in [2.75, 3.05) is 36.5 Å². The lowest BCUT2D eigenvalue weighted by Crippen LogP contribution is -2.46. The lowest BCUT2D eigenvalue weighted by molar-refractivity contribution is -0.150. The quantitative estimate of drug-likeness (QED) is 0.517. The number of benzene rings is 1. The molecular weight excluding hydrogens is 388 g/mol. The maximum atomic E-state index is 12.5. The van der Waals surface area contributed by atoms with Crippen LogP contribution in [0.5, 0.6) is 0 Å². The van der Waals surface area contributed by atoms with Crippen LogP contribution in [0.15, 0.2) is 24.3 Å². The summed E-state index contributed by atoms with van der Waals surface area (Å²) in [5.41, 5.74) is 0.771. The number of ether oxygens (including phenoxy) is 1. The van der Waals surface area contributed by atoms with E-state index < -0.39 is 42.5 Å². The molecule has 0 bridgehead atoms. The van der Waals surface area contributed by atoms with E-state index in [1.165, 1.54) is 12.8 Å². The summed E-state index contributed by atoms with van der Waals surface area (Å²) in [6, 6.07) is 6.90. The van der Waals surface area contributed by atoms with Crippen molar-refractivity contribution in [2.45, 2.75) is 38.1 Å². The number of carbonyl (C=O) groups is 4. The average molecular weight is 414 g/mol. The van der Waals surface area contributed by atoms with Gasteiger partial charge < -0.3 is 20.3 Å². The summed E-state index contributed by atoms with van der Waals surface area (Å²) in [4.78, 5) is 51.8. The van der Waals surface area contributed by atoms with Crippen LogP contribution in [-0.4, -0.2) is 60.5 Å². The number of rotatable bonds is 7. The third kappa shape index (κ3) is 4.10. The molecule has 1 aliphatic carbocycles. The molecule has 0 aromatic heterocycles. The number of carbonyl (C=O) groups excluding carboxylic acids is 4. The van der Waals surface area contributed by atoms with E-state index >= 15 is 0 Å². The van der Waals surface area contributed by atoms with Gasteiger partial charge in [0, 0.05) is 24.5 Å². The molecular formula is C21H26N4O5. The van der Waals surface area contributed by atoms with E-state index in [4.69, 9.17) is 4.74 Å². The second-order valence-corrected chi connectivity index (χ2v) is 8.25. The first-order valence-corrected chi connectivity index (χ1v) is 10.3. The van der Waals surface area contributed by atoms with Gasteiger partial charge in [-0.05, 0) is 62.8 Å². The molecule has 2 N–H and O–H groups in total. The van der Waals surface area contributed by atoms with E-state index in [-0.39, 0.29) is 5.92 Å². The van der Waals surface area contributed by atoms with Gasteiger partial charge in [0.2, 0.25) is 0 Å². The average Bonchev–Trinajstić information content (AvgIpc) is 3.40. The van der Waals surface area contributed by atoms with Crippen LogP contribution in [0.25, 0.3) is 0 Å². The normalized spacial score (nSPS) is 23.5. The third-order valence-corrected chi connectivity index (χ3v) is 5.97. The summed E-state index contributed by atoms with van der Waals surface area (Å²) in [5, 5.41) is 5.33. The smallest absolute Gasteiger partial charge is 0.326 e. The second-order valence-electron chi connectivity index (χ2n) is 8.25. The molecule has 2 saturated heterocycles. The highest BCUT2D eigenvalue weighted by Gasteiger charge is 2.56. The highest BCUT2D eigenvalue weighted by molar-refractivity contribution is 6.09. The predicted molar refractivity (Wildman–Crippen MR) is 109 cm³/mol. The van der Waals surface area contributed by atoms with Crippen molar-refractivity contribution in [1.82, 2.24) is 10.2 Å². The topological polar surface area (TPSA) is 108 Å². The Morgan fingerprint density at radius 1 is 1.17 bits per heavy atom. The Balaban J connectivity index is 1.23. The Kier molecular flexibility index (Phi) is 5.36. The summed E-state index contributed by atoms with van der Waals surface area (Å²) in [6.07, 6.45) is 4.13. The number of nitrogens with zero attached hydrogens (tertiary/aromatic N) is 2. The van der Waals surface area contributed by atoms with Crippen LogP contribution in [0.2, 0.25) is 0 Å². The van der Waals surface area contributed by atoms with Crippen molar-refractivity contribution < 1.29 is 23.9 Å². The number of imide groups is 1. The number of urea groups is 1. The summed E-state index contributed by atoms with van der Waals surface area (Å²) in [6.45, 7) is 2.76. The van der Waals surface area contributed by atoms with Gasteiger partial charge in [-0.2, -0.15) is 0 Å². The monoisotopic (exact) mass is 414 g/mol. The second kappa shape index (κ2) is 7.97. The largest absolute Gasteiger partial charge is 0.454 e. The summed E-state index contributed by atoms with van der Waals surface area (Å²) in [7, 11) is 0. The molecule has 4 amide bonds. The van der Waals surface area contributed by atoms with Gasteiger partial charge in [-0.25, -0.2) is 4.79 Å². The minimum absolute atomic E-state index is 0.109. The molecule has 4 rings (SSSR count). The molecule has 2 heterocycles. The van der Waals surface area contributed by atoms with E-state index in [1.807, 2.05) is 12.1 Å². The van der Waals surface area contributed by atoms with Crippen molar-refractivity contribution in [3.63, 3.8) is 0 Å². The number of nitrogens with one attached hydrogen (secondary N) is 2. The molecule has 1 aromatic carbocycles. The van der Waals surface area contributed by atoms with Gasteiger partial charge in [-0.3, -0.25) is 19.3 Å². The molecule has 1 saturated carbocycles. The van der Waals surface area contributed by atoms with Gasteiger partial charge in [-0.15, -0.1) is 0 Å². The number of anilines is 2. The van der Waals surface area contributed by atoms with Crippen molar-refractivity contribution in [3.8, 4) is 0 Å². The summed E-state index contributed by atoms with van der Waals surface area (Å²) in [5.74, 6) is -1.61. The van der Waals surface area contributed by atoms with E-state index in [2.05, 4.69) is 15.5 Å². The molecule has 1 aromatic rings. The molecule has 9 heteroatoms. The van der Waals surface area contributed by atoms with E-state index in [9.17, 15) is 19.2 Å². The van der Waals surface area contributed by atoms with E-state index in [0.717, 1.165) is 36.5 Å².